The molecule has 0 aliphatic carbocycles. The Morgan fingerprint density at radius 2 is 1.92 bits per heavy atom. The predicted molar refractivity (Wildman–Crippen MR) is 53.0 cm³/mol. The van der Waals surface area contributed by atoms with Gasteiger partial charge in [-0.05, 0) is 19.8 Å². The first-order chi connectivity index (χ1) is 6.02. The van der Waals surface area contributed by atoms with E-state index in [1.54, 1.807) is 6.07 Å². The SMILES string of the molecule is CC(C)c1cc(=O)cnn1C(C)C. The van der Waals surface area contributed by atoms with Gasteiger partial charge in [-0.25, -0.2) is 0 Å². The minimum absolute atomic E-state index is 0.0133. The number of hydrogen-bond donors (Lipinski definition) is 0. The van der Waals surface area contributed by atoms with Crippen molar-refractivity contribution in [1.29, 1.82) is 0 Å². The molecule has 3 nitrogen and oxygen atoms in total. The zero-order valence-corrected chi connectivity index (χ0v) is 8.61. The third kappa shape index (κ3) is 2.17. The van der Waals surface area contributed by atoms with E-state index in [9.17, 15) is 4.79 Å². The third-order valence-corrected chi connectivity index (χ3v) is 1.94. The number of rotatable bonds is 2. The molecule has 0 spiro atoms. The van der Waals surface area contributed by atoms with Gasteiger partial charge in [-0.2, -0.15) is 5.10 Å². The molecular formula is C10H16N2O. The lowest BCUT2D eigenvalue weighted by atomic mass is 10.1. The van der Waals surface area contributed by atoms with Gasteiger partial charge in [-0.1, -0.05) is 13.8 Å². The lowest BCUT2D eigenvalue weighted by Crippen LogP contribution is -2.18. The highest BCUT2D eigenvalue weighted by atomic mass is 16.1. The largest absolute Gasteiger partial charge is 0.288 e. The Kier molecular flexibility index (Phi) is 2.86. The summed E-state index contributed by atoms with van der Waals surface area (Å²) < 4.78 is 1.89. The average Bonchev–Trinajstić information content (AvgIpc) is 2.03. The zero-order valence-electron chi connectivity index (χ0n) is 8.61. The fourth-order valence-electron chi connectivity index (χ4n) is 1.30. The molecule has 1 aromatic heterocycles. The summed E-state index contributed by atoms with van der Waals surface area (Å²) in [6.45, 7) is 8.25. The molecule has 0 amide bonds. The van der Waals surface area contributed by atoms with Crippen molar-refractivity contribution in [2.24, 2.45) is 0 Å². The molecule has 72 valence electrons. The molecule has 0 fully saturated rings. The fraction of sp³-hybridized carbons (Fsp3) is 0.600. The Morgan fingerprint density at radius 3 is 2.38 bits per heavy atom. The van der Waals surface area contributed by atoms with Crippen molar-refractivity contribution in [2.75, 3.05) is 0 Å². The second-order valence-electron chi connectivity index (χ2n) is 3.81. The molecule has 13 heavy (non-hydrogen) atoms. The lowest BCUT2D eigenvalue weighted by Gasteiger charge is -2.17. The molecule has 1 aromatic rings. The number of nitrogens with zero attached hydrogens (tertiary/aromatic N) is 2. The van der Waals surface area contributed by atoms with Gasteiger partial charge in [0.2, 0.25) is 0 Å². The van der Waals surface area contributed by atoms with Crippen LogP contribution in [0.2, 0.25) is 0 Å². The van der Waals surface area contributed by atoms with E-state index in [0.29, 0.717) is 12.0 Å². The summed E-state index contributed by atoms with van der Waals surface area (Å²) in [6.07, 6.45) is 1.37. The van der Waals surface area contributed by atoms with Crippen molar-refractivity contribution in [2.45, 2.75) is 39.7 Å². The number of aromatic nitrogens is 2. The second-order valence-corrected chi connectivity index (χ2v) is 3.81. The van der Waals surface area contributed by atoms with Crippen LogP contribution in [0, 0.1) is 0 Å². The Labute approximate surface area is 78.4 Å². The van der Waals surface area contributed by atoms with E-state index in [0.717, 1.165) is 5.69 Å². The van der Waals surface area contributed by atoms with Crippen LogP contribution in [-0.2, 0) is 0 Å². The minimum atomic E-state index is -0.0133. The van der Waals surface area contributed by atoms with E-state index in [4.69, 9.17) is 0 Å². The average molecular weight is 180 g/mol. The van der Waals surface area contributed by atoms with Crippen molar-refractivity contribution in [3.63, 3.8) is 0 Å². The molecule has 0 N–H and O–H groups in total. The van der Waals surface area contributed by atoms with Crippen LogP contribution in [0.15, 0.2) is 17.1 Å². The molecule has 0 bridgehead atoms. The quantitative estimate of drug-likeness (QED) is 0.697. The summed E-state index contributed by atoms with van der Waals surface area (Å²) in [5.74, 6) is 0.337. The molecule has 0 atom stereocenters. The molecule has 0 aliphatic rings. The van der Waals surface area contributed by atoms with Gasteiger partial charge < -0.3 is 0 Å². The highest BCUT2D eigenvalue weighted by Crippen LogP contribution is 2.14. The van der Waals surface area contributed by atoms with E-state index in [1.165, 1.54) is 6.20 Å². The van der Waals surface area contributed by atoms with E-state index in [1.807, 2.05) is 4.68 Å². The molecule has 0 radical (unpaired) electrons. The number of hydrogen-bond acceptors (Lipinski definition) is 2. The Hall–Kier alpha value is -1.12. The van der Waals surface area contributed by atoms with Gasteiger partial charge >= 0.3 is 0 Å². The van der Waals surface area contributed by atoms with Gasteiger partial charge in [0.25, 0.3) is 0 Å². The molecule has 0 saturated carbocycles. The van der Waals surface area contributed by atoms with Crippen molar-refractivity contribution in [1.82, 2.24) is 9.78 Å². The van der Waals surface area contributed by atoms with Gasteiger partial charge in [0.15, 0.2) is 5.43 Å². The molecule has 0 aliphatic heterocycles. The Morgan fingerprint density at radius 1 is 1.31 bits per heavy atom. The maximum Gasteiger partial charge on any atom is 0.200 e. The Bertz CT molecular complexity index is 339. The van der Waals surface area contributed by atoms with Gasteiger partial charge in [0, 0.05) is 17.8 Å². The standard InChI is InChI=1S/C10H16N2O/c1-7(2)10-5-9(13)6-11-12(10)8(3)4/h5-8H,1-4H3. The first-order valence-corrected chi connectivity index (χ1v) is 4.61. The first-order valence-electron chi connectivity index (χ1n) is 4.61. The molecular weight excluding hydrogens is 164 g/mol. The molecule has 1 heterocycles. The summed E-state index contributed by atoms with van der Waals surface area (Å²) in [6, 6.07) is 1.97. The van der Waals surface area contributed by atoms with Crippen LogP contribution >= 0.6 is 0 Å². The van der Waals surface area contributed by atoms with Crippen LogP contribution in [0.1, 0.15) is 45.3 Å². The van der Waals surface area contributed by atoms with Crippen LogP contribution in [0.3, 0.4) is 0 Å². The van der Waals surface area contributed by atoms with Crippen molar-refractivity contribution >= 4 is 0 Å². The molecule has 0 saturated heterocycles. The third-order valence-electron chi connectivity index (χ3n) is 1.94. The summed E-state index contributed by atoms with van der Waals surface area (Å²) in [4.78, 5) is 11.1. The zero-order chi connectivity index (χ0) is 10.0. The predicted octanol–water partition coefficient (Wildman–Crippen LogP) is 1.95. The van der Waals surface area contributed by atoms with Crippen LogP contribution in [0.5, 0.6) is 0 Å². The summed E-state index contributed by atoms with van der Waals surface area (Å²) in [5.41, 5.74) is 0.989. The topological polar surface area (TPSA) is 34.9 Å². The van der Waals surface area contributed by atoms with Gasteiger partial charge in [-0.3, -0.25) is 9.48 Å². The molecule has 3 heteroatoms. The second kappa shape index (κ2) is 3.73. The van der Waals surface area contributed by atoms with Crippen LogP contribution < -0.4 is 5.43 Å². The highest BCUT2D eigenvalue weighted by molar-refractivity contribution is 5.07. The fourth-order valence-corrected chi connectivity index (χ4v) is 1.30. The Balaban J connectivity index is 3.27. The monoisotopic (exact) mass is 180 g/mol. The molecule has 0 aromatic carbocycles. The van der Waals surface area contributed by atoms with E-state index in [2.05, 4.69) is 32.8 Å². The van der Waals surface area contributed by atoms with Crippen LogP contribution in [0.25, 0.3) is 0 Å². The normalized spacial score (nSPS) is 11.2. The molecule has 1 rings (SSSR count). The van der Waals surface area contributed by atoms with Gasteiger partial charge in [0.1, 0.15) is 0 Å². The minimum Gasteiger partial charge on any atom is -0.288 e. The first kappa shape index (κ1) is 9.96. The van der Waals surface area contributed by atoms with E-state index < -0.39 is 0 Å². The van der Waals surface area contributed by atoms with Crippen LogP contribution in [0.4, 0.5) is 0 Å². The smallest absolute Gasteiger partial charge is 0.200 e. The maximum atomic E-state index is 11.1. The molecule has 0 unspecified atom stereocenters. The van der Waals surface area contributed by atoms with E-state index >= 15 is 0 Å². The van der Waals surface area contributed by atoms with Crippen molar-refractivity contribution in [3.05, 3.63) is 28.2 Å². The maximum absolute atomic E-state index is 11.1. The van der Waals surface area contributed by atoms with E-state index in [-0.39, 0.29) is 5.43 Å². The van der Waals surface area contributed by atoms with Crippen molar-refractivity contribution in [3.8, 4) is 0 Å². The van der Waals surface area contributed by atoms with Crippen LogP contribution in [-0.4, -0.2) is 9.78 Å². The van der Waals surface area contributed by atoms with Gasteiger partial charge in [-0.15, -0.1) is 0 Å². The summed E-state index contributed by atoms with van der Waals surface area (Å²) in [5, 5.41) is 4.10. The summed E-state index contributed by atoms with van der Waals surface area (Å²) >= 11 is 0. The summed E-state index contributed by atoms with van der Waals surface area (Å²) in [7, 11) is 0. The van der Waals surface area contributed by atoms with Gasteiger partial charge in [0.05, 0.1) is 6.20 Å². The highest BCUT2D eigenvalue weighted by Gasteiger charge is 2.08. The van der Waals surface area contributed by atoms with Crippen molar-refractivity contribution < 1.29 is 0 Å². The lowest BCUT2D eigenvalue weighted by molar-refractivity contribution is 0.481.